The molecule has 0 bridgehead atoms. The minimum Gasteiger partial charge on any atom is -0.290 e. The summed E-state index contributed by atoms with van der Waals surface area (Å²) >= 11 is 1.15. The Morgan fingerprint density at radius 1 is 1.29 bits per heavy atom. The van der Waals surface area contributed by atoms with E-state index in [1.807, 2.05) is 6.92 Å². The van der Waals surface area contributed by atoms with Gasteiger partial charge in [0.1, 0.15) is 5.82 Å². The van der Waals surface area contributed by atoms with Crippen molar-refractivity contribution >= 4 is 32.9 Å². The van der Waals surface area contributed by atoms with Gasteiger partial charge in [0.15, 0.2) is 5.17 Å². The Bertz CT molecular complexity index is 671. The van der Waals surface area contributed by atoms with Crippen LogP contribution in [0, 0.1) is 5.82 Å². The highest BCUT2D eigenvalue weighted by Gasteiger charge is 2.37. The van der Waals surface area contributed by atoms with Gasteiger partial charge in [0, 0.05) is 6.54 Å². The molecule has 0 saturated carbocycles. The van der Waals surface area contributed by atoms with E-state index >= 15 is 0 Å². The van der Waals surface area contributed by atoms with Gasteiger partial charge in [-0.1, -0.05) is 18.7 Å². The zero-order valence-corrected chi connectivity index (χ0v) is 13.2. The number of carbonyl (C=O) groups excluding carboxylic acids is 1. The lowest BCUT2D eigenvalue weighted by atomic mass is 10.3. The molecule has 0 spiro atoms. The van der Waals surface area contributed by atoms with Crippen molar-refractivity contribution in [3.8, 4) is 0 Å². The first-order valence-electron chi connectivity index (χ1n) is 6.47. The van der Waals surface area contributed by atoms with Crippen molar-refractivity contribution < 1.29 is 17.6 Å². The fourth-order valence-corrected chi connectivity index (χ4v) is 4.24. The van der Waals surface area contributed by atoms with E-state index in [-0.39, 0.29) is 21.2 Å². The van der Waals surface area contributed by atoms with Crippen molar-refractivity contribution in [2.75, 3.05) is 6.54 Å². The van der Waals surface area contributed by atoms with Crippen LogP contribution in [0.4, 0.5) is 4.39 Å². The number of nitrogens with zero attached hydrogens (tertiary/aromatic N) is 2. The second-order valence-corrected chi connectivity index (χ2v) is 7.17. The molecule has 8 heteroatoms. The highest BCUT2D eigenvalue weighted by molar-refractivity contribution is 8.16. The van der Waals surface area contributed by atoms with Crippen molar-refractivity contribution in [1.82, 2.24) is 4.90 Å². The van der Waals surface area contributed by atoms with Crippen molar-refractivity contribution in [3.05, 3.63) is 30.1 Å². The summed E-state index contributed by atoms with van der Waals surface area (Å²) in [7, 11) is -3.95. The number of rotatable bonds is 4. The van der Waals surface area contributed by atoms with Crippen molar-refractivity contribution in [3.63, 3.8) is 0 Å². The van der Waals surface area contributed by atoms with E-state index < -0.39 is 15.8 Å². The van der Waals surface area contributed by atoms with E-state index in [0.29, 0.717) is 13.0 Å². The highest BCUT2D eigenvalue weighted by Crippen LogP contribution is 2.30. The van der Waals surface area contributed by atoms with Gasteiger partial charge >= 0.3 is 0 Å². The maximum absolute atomic E-state index is 12.9. The van der Waals surface area contributed by atoms with Gasteiger partial charge in [-0.3, -0.25) is 9.69 Å². The molecule has 1 aliphatic rings. The SMILES string of the molecule is CC[C@@H]1SC(=NS(=O)(=O)c2ccc(F)cc2)N(CC)C1=O. The van der Waals surface area contributed by atoms with Gasteiger partial charge < -0.3 is 0 Å². The molecule has 1 heterocycles. The average molecular weight is 330 g/mol. The van der Waals surface area contributed by atoms with Crippen LogP contribution in [0.1, 0.15) is 20.3 Å². The summed E-state index contributed by atoms with van der Waals surface area (Å²) < 4.78 is 41.0. The van der Waals surface area contributed by atoms with Crippen molar-refractivity contribution in [2.45, 2.75) is 30.4 Å². The first-order valence-corrected chi connectivity index (χ1v) is 8.79. The molecule has 0 radical (unpaired) electrons. The average Bonchev–Trinajstić information content (AvgIpc) is 2.74. The van der Waals surface area contributed by atoms with Gasteiger partial charge in [0.25, 0.3) is 10.0 Å². The maximum atomic E-state index is 12.9. The van der Waals surface area contributed by atoms with E-state index in [4.69, 9.17) is 0 Å². The van der Waals surface area contributed by atoms with Crippen LogP contribution in [0.15, 0.2) is 33.6 Å². The molecule has 0 N–H and O–H groups in total. The molecule has 1 fully saturated rings. The van der Waals surface area contributed by atoms with Crippen LogP contribution < -0.4 is 0 Å². The number of thioether (sulfide) groups is 1. The largest absolute Gasteiger partial charge is 0.290 e. The molecular weight excluding hydrogens is 315 g/mol. The van der Waals surface area contributed by atoms with Gasteiger partial charge in [-0.05, 0) is 37.6 Å². The summed E-state index contributed by atoms with van der Waals surface area (Å²) in [6.45, 7) is 3.98. The molecule has 1 amide bonds. The van der Waals surface area contributed by atoms with Crippen LogP contribution in [0.25, 0.3) is 0 Å². The standard InChI is InChI=1S/C13H15FN2O3S2/c1-3-11-12(17)16(4-2)13(20-11)15-21(18,19)10-7-5-9(14)6-8-10/h5-8,11H,3-4H2,1-2H3/t11-/m0/s1. The van der Waals surface area contributed by atoms with E-state index in [0.717, 1.165) is 36.0 Å². The Morgan fingerprint density at radius 3 is 2.43 bits per heavy atom. The van der Waals surface area contributed by atoms with E-state index in [9.17, 15) is 17.6 Å². The lowest BCUT2D eigenvalue weighted by Crippen LogP contribution is -2.32. The summed E-state index contributed by atoms with van der Waals surface area (Å²) in [6.07, 6.45) is 0.607. The Morgan fingerprint density at radius 2 is 1.90 bits per heavy atom. The number of halogens is 1. The Balaban J connectivity index is 2.37. The summed E-state index contributed by atoms with van der Waals surface area (Å²) in [5.41, 5.74) is 0. The van der Waals surface area contributed by atoms with Gasteiger partial charge in [0.2, 0.25) is 5.91 Å². The number of hydrogen-bond acceptors (Lipinski definition) is 4. The quantitative estimate of drug-likeness (QED) is 0.849. The van der Waals surface area contributed by atoms with Crippen molar-refractivity contribution in [2.24, 2.45) is 4.40 Å². The second-order valence-electron chi connectivity index (χ2n) is 4.40. The number of carbonyl (C=O) groups is 1. The molecule has 5 nitrogen and oxygen atoms in total. The molecule has 1 atom stereocenters. The third-order valence-corrected chi connectivity index (χ3v) is 5.76. The summed E-state index contributed by atoms with van der Waals surface area (Å²) in [5, 5.41) is -0.120. The molecule has 0 unspecified atom stereocenters. The molecule has 114 valence electrons. The minimum atomic E-state index is -3.95. The van der Waals surface area contributed by atoms with Gasteiger partial charge in [-0.2, -0.15) is 8.42 Å². The normalized spacial score (nSPS) is 21.3. The topological polar surface area (TPSA) is 66.8 Å². The van der Waals surface area contributed by atoms with Crippen LogP contribution in [0.3, 0.4) is 0 Å². The first-order chi connectivity index (χ1) is 9.89. The number of sulfonamides is 1. The highest BCUT2D eigenvalue weighted by atomic mass is 32.2. The molecule has 0 aromatic heterocycles. The molecule has 1 saturated heterocycles. The van der Waals surface area contributed by atoms with Gasteiger partial charge in [-0.25, -0.2) is 4.39 Å². The molecule has 2 rings (SSSR count). The first kappa shape index (κ1) is 16.0. The lowest BCUT2D eigenvalue weighted by Gasteiger charge is -2.12. The third kappa shape index (κ3) is 3.26. The number of benzene rings is 1. The molecule has 0 aliphatic carbocycles. The maximum Gasteiger partial charge on any atom is 0.284 e. The van der Waals surface area contributed by atoms with Crippen LogP contribution in [-0.2, 0) is 14.8 Å². The number of hydrogen-bond donors (Lipinski definition) is 0. The summed E-state index contributed by atoms with van der Waals surface area (Å²) in [4.78, 5) is 13.3. The number of amides is 1. The summed E-state index contributed by atoms with van der Waals surface area (Å²) in [5.74, 6) is -0.647. The molecule has 21 heavy (non-hydrogen) atoms. The molecular formula is C13H15FN2O3S2. The predicted octanol–water partition coefficient (Wildman–Crippen LogP) is 2.24. The molecule has 1 aromatic rings. The Hall–Kier alpha value is -1.41. The predicted molar refractivity (Wildman–Crippen MR) is 80.1 cm³/mol. The van der Waals surface area contributed by atoms with E-state index in [2.05, 4.69) is 4.40 Å². The van der Waals surface area contributed by atoms with Crippen LogP contribution >= 0.6 is 11.8 Å². The Kier molecular flexibility index (Phi) is 4.67. The third-order valence-electron chi connectivity index (χ3n) is 3.02. The van der Waals surface area contributed by atoms with Crippen LogP contribution in [-0.4, -0.2) is 36.2 Å². The fourth-order valence-electron chi connectivity index (χ4n) is 1.89. The lowest BCUT2D eigenvalue weighted by molar-refractivity contribution is -0.126. The van der Waals surface area contributed by atoms with Crippen LogP contribution in [0.5, 0.6) is 0 Å². The Labute approximate surface area is 127 Å². The zero-order valence-electron chi connectivity index (χ0n) is 11.6. The number of amidine groups is 1. The smallest absolute Gasteiger partial charge is 0.284 e. The van der Waals surface area contributed by atoms with E-state index in [1.54, 1.807) is 6.92 Å². The van der Waals surface area contributed by atoms with Crippen molar-refractivity contribution in [1.29, 1.82) is 0 Å². The van der Waals surface area contributed by atoms with Crippen LogP contribution in [0.2, 0.25) is 0 Å². The monoisotopic (exact) mass is 330 g/mol. The zero-order chi connectivity index (χ0) is 15.6. The molecule has 1 aliphatic heterocycles. The van der Waals surface area contributed by atoms with Gasteiger partial charge in [-0.15, -0.1) is 4.40 Å². The fraction of sp³-hybridized carbons (Fsp3) is 0.385. The molecule has 1 aromatic carbocycles. The second kappa shape index (κ2) is 6.15. The van der Waals surface area contributed by atoms with Gasteiger partial charge in [0.05, 0.1) is 10.1 Å². The van der Waals surface area contributed by atoms with E-state index in [1.165, 1.54) is 4.90 Å². The summed E-state index contributed by atoms with van der Waals surface area (Å²) in [6, 6.07) is 4.44. The minimum absolute atomic E-state index is 0.0968.